The third-order valence-corrected chi connectivity index (χ3v) is 6.10. The molecule has 5 nitrogen and oxygen atoms in total. The van der Waals surface area contributed by atoms with E-state index in [-0.39, 0.29) is 11.9 Å². The van der Waals surface area contributed by atoms with Crippen molar-refractivity contribution >= 4 is 11.6 Å². The number of methoxy groups -OCH3 is 1. The van der Waals surface area contributed by atoms with Gasteiger partial charge in [0.25, 0.3) is 0 Å². The van der Waals surface area contributed by atoms with Crippen molar-refractivity contribution in [3.63, 3.8) is 0 Å². The average Bonchev–Trinajstić information content (AvgIpc) is 2.78. The predicted octanol–water partition coefficient (Wildman–Crippen LogP) is 2.79. The fourth-order valence-corrected chi connectivity index (χ4v) is 4.26. The minimum atomic E-state index is -0.0664. The molecule has 4 rings (SSSR count). The van der Waals surface area contributed by atoms with Crippen molar-refractivity contribution in [1.82, 2.24) is 9.80 Å². The lowest BCUT2D eigenvalue weighted by atomic mass is 9.99. The summed E-state index contributed by atoms with van der Waals surface area (Å²) in [6, 6.07) is 16.6. The highest BCUT2D eigenvalue weighted by Crippen LogP contribution is 2.23. The van der Waals surface area contributed by atoms with Gasteiger partial charge in [0.05, 0.1) is 13.2 Å². The van der Waals surface area contributed by atoms with Gasteiger partial charge in [-0.05, 0) is 48.7 Å². The monoisotopic (exact) mass is 379 g/mol. The standard InChI is InChI=1S/C23H29N3O2/c1-18(23(27)26-12-11-19-5-3-4-6-20(19)17-26)24-13-15-25(16-14-24)21-7-9-22(28-2)10-8-21/h3-10,18H,11-17H2,1-2H3. The second kappa shape index (κ2) is 8.23. The fraction of sp³-hybridized carbons (Fsp3) is 0.435. The zero-order chi connectivity index (χ0) is 19.5. The first-order valence-corrected chi connectivity index (χ1v) is 10.1. The number of carbonyl (C=O) groups is 1. The van der Waals surface area contributed by atoms with Crippen LogP contribution in [0.4, 0.5) is 5.69 Å². The zero-order valence-electron chi connectivity index (χ0n) is 16.8. The summed E-state index contributed by atoms with van der Waals surface area (Å²) in [5.41, 5.74) is 3.89. The molecule has 0 aliphatic carbocycles. The molecule has 1 fully saturated rings. The molecule has 1 unspecified atom stereocenters. The number of nitrogens with zero attached hydrogens (tertiary/aromatic N) is 3. The maximum absolute atomic E-state index is 13.1. The van der Waals surface area contributed by atoms with Crippen molar-refractivity contribution < 1.29 is 9.53 Å². The SMILES string of the molecule is COc1ccc(N2CCN(C(C)C(=O)N3CCc4ccccc4C3)CC2)cc1. The molecule has 5 heteroatoms. The van der Waals surface area contributed by atoms with Crippen molar-refractivity contribution in [2.45, 2.75) is 25.9 Å². The van der Waals surface area contributed by atoms with Crippen LogP contribution in [0.5, 0.6) is 5.75 Å². The topological polar surface area (TPSA) is 36.0 Å². The molecule has 0 saturated carbocycles. The first kappa shape index (κ1) is 18.8. The van der Waals surface area contributed by atoms with Gasteiger partial charge in [-0.2, -0.15) is 0 Å². The van der Waals surface area contributed by atoms with E-state index in [0.717, 1.165) is 51.4 Å². The van der Waals surface area contributed by atoms with E-state index in [0.29, 0.717) is 0 Å². The molecule has 2 aliphatic rings. The van der Waals surface area contributed by atoms with Crippen LogP contribution < -0.4 is 9.64 Å². The van der Waals surface area contributed by atoms with E-state index in [2.05, 4.69) is 53.1 Å². The van der Waals surface area contributed by atoms with Crippen LogP contribution in [0.3, 0.4) is 0 Å². The molecule has 1 amide bonds. The Morgan fingerprint density at radius 1 is 0.929 bits per heavy atom. The Balaban J connectivity index is 1.33. The van der Waals surface area contributed by atoms with Crippen molar-refractivity contribution in [2.24, 2.45) is 0 Å². The normalized spacial score (nSPS) is 18.5. The second-order valence-electron chi connectivity index (χ2n) is 7.68. The third kappa shape index (κ3) is 3.85. The Morgan fingerprint density at radius 2 is 1.61 bits per heavy atom. The number of fused-ring (bicyclic) bond motifs is 1. The number of piperazine rings is 1. The molecular weight excluding hydrogens is 350 g/mol. The van der Waals surface area contributed by atoms with E-state index >= 15 is 0 Å². The molecule has 0 N–H and O–H groups in total. The summed E-state index contributed by atoms with van der Waals surface area (Å²) in [4.78, 5) is 19.8. The first-order chi connectivity index (χ1) is 13.7. The summed E-state index contributed by atoms with van der Waals surface area (Å²) in [5.74, 6) is 1.14. The highest BCUT2D eigenvalue weighted by Gasteiger charge is 2.30. The van der Waals surface area contributed by atoms with Gasteiger partial charge in [-0.3, -0.25) is 9.69 Å². The van der Waals surface area contributed by atoms with Gasteiger partial charge in [-0.25, -0.2) is 0 Å². The lowest BCUT2D eigenvalue weighted by molar-refractivity contribution is -0.137. The lowest BCUT2D eigenvalue weighted by Gasteiger charge is -2.40. The zero-order valence-corrected chi connectivity index (χ0v) is 16.8. The summed E-state index contributed by atoms with van der Waals surface area (Å²) in [6.07, 6.45) is 0.958. The molecule has 2 heterocycles. The van der Waals surface area contributed by atoms with Gasteiger partial charge in [0.1, 0.15) is 5.75 Å². The highest BCUT2D eigenvalue weighted by atomic mass is 16.5. The Morgan fingerprint density at radius 3 is 2.29 bits per heavy atom. The van der Waals surface area contributed by atoms with E-state index in [4.69, 9.17) is 4.74 Å². The molecular formula is C23H29N3O2. The van der Waals surface area contributed by atoms with Crippen molar-refractivity contribution in [2.75, 3.05) is 44.7 Å². The van der Waals surface area contributed by atoms with Crippen molar-refractivity contribution in [3.8, 4) is 5.75 Å². The van der Waals surface area contributed by atoms with E-state index in [1.54, 1.807) is 7.11 Å². The van der Waals surface area contributed by atoms with Crippen LogP contribution in [-0.4, -0.2) is 61.6 Å². The van der Waals surface area contributed by atoms with Crippen LogP contribution in [0.25, 0.3) is 0 Å². The number of amides is 1. The van der Waals surface area contributed by atoms with E-state index in [1.807, 2.05) is 17.0 Å². The van der Waals surface area contributed by atoms with Crippen LogP contribution >= 0.6 is 0 Å². The number of rotatable bonds is 4. The predicted molar refractivity (Wildman–Crippen MR) is 112 cm³/mol. The van der Waals surface area contributed by atoms with E-state index in [1.165, 1.54) is 16.8 Å². The van der Waals surface area contributed by atoms with E-state index < -0.39 is 0 Å². The van der Waals surface area contributed by atoms with Crippen molar-refractivity contribution in [3.05, 3.63) is 59.7 Å². The summed E-state index contributed by atoms with van der Waals surface area (Å²) >= 11 is 0. The van der Waals surface area contributed by atoms with Gasteiger partial charge in [0, 0.05) is 45.0 Å². The molecule has 0 spiro atoms. The number of anilines is 1. The third-order valence-electron chi connectivity index (χ3n) is 6.10. The second-order valence-corrected chi connectivity index (χ2v) is 7.68. The maximum Gasteiger partial charge on any atom is 0.239 e. The first-order valence-electron chi connectivity index (χ1n) is 10.1. The Bertz CT molecular complexity index is 813. The molecule has 2 aliphatic heterocycles. The largest absolute Gasteiger partial charge is 0.497 e. The van der Waals surface area contributed by atoms with Gasteiger partial charge >= 0.3 is 0 Å². The Hall–Kier alpha value is -2.53. The van der Waals surface area contributed by atoms with Gasteiger partial charge in [0.2, 0.25) is 5.91 Å². The highest BCUT2D eigenvalue weighted by molar-refractivity contribution is 5.81. The molecule has 1 atom stereocenters. The van der Waals surface area contributed by atoms with Gasteiger partial charge in [-0.15, -0.1) is 0 Å². The minimum Gasteiger partial charge on any atom is -0.497 e. The Kier molecular flexibility index (Phi) is 5.53. The smallest absolute Gasteiger partial charge is 0.239 e. The Labute approximate surface area is 167 Å². The molecule has 1 saturated heterocycles. The average molecular weight is 380 g/mol. The molecule has 2 aromatic rings. The number of carbonyl (C=O) groups excluding carboxylic acids is 1. The van der Waals surface area contributed by atoms with Gasteiger partial charge in [-0.1, -0.05) is 24.3 Å². The number of hydrogen-bond acceptors (Lipinski definition) is 4. The summed E-state index contributed by atoms with van der Waals surface area (Å²) in [6.45, 7) is 7.31. The summed E-state index contributed by atoms with van der Waals surface area (Å²) in [7, 11) is 1.69. The minimum absolute atomic E-state index is 0.0664. The molecule has 28 heavy (non-hydrogen) atoms. The van der Waals surface area contributed by atoms with Crippen molar-refractivity contribution in [1.29, 1.82) is 0 Å². The molecule has 0 bridgehead atoms. The van der Waals surface area contributed by atoms with Crippen LogP contribution in [0.1, 0.15) is 18.1 Å². The van der Waals surface area contributed by atoms with Gasteiger partial charge in [0.15, 0.2) is 0 Å². The number of ether oxygens (including phenoxy) is 1. The maximum atomic E-state index is 13.1. The quantitative estimate of drug-likeness (QED) is 0.819. The summed E-state index contributed by atoms with van der Waals surface area (Å²) in [5, 5.41) is 0. The number of hydrogen-bond donors (Lipinski definition) is 0. The number of benzene rings is 2. The molecule has 2 aromatic carbocycles. The van der Waals surface area contributed by atoms with Gasteiger partial charge < -0.3 is 14.5 Å². The molecule has 0 aromatic heterocycles. The van der Waals surface area contributed by atoms with Crippen LogP contribution in [0, 0.1) is 0 Å². The molecule has 148 valence electrons. The summed E-state index contributed by atoms with van der Waals surface area (Å²) < 4.78 is 5.24. The molecule has 0 radical (unpaired) electrons. The fourth-order valence-electron chi connectivity index (χ4n) is 4.26. The van der Waals surface area contributed by atoms with Crippen LogP contribution in [-0.2, 0) is 17.8 Å². The lowest BCUT2D eigenvalue weighted by Crippen LogP contribution is -2.55. The van der Waals surface area contributed by atoms with E-state index in [9.17, 15) is 4.79 Å². The van der Waals surface area contributed by atoms with Crippen LogP contribution in [0.2, 0.25) is 0 Å². The van der Waals surface area contributed by atoms with Crippen LogP contribution in [0.15, 0.2) is 48.5 Å².